The molecule has 21 heavy (non-hydrogen) atoms. The molecule has 0 fully saturated rings. The van der Waals surface area contributed by atoms with E-state index in [9.17, 15) is 9.59 Å². The Bertz CT molecular complexity index is 535. The quantitative estimate of drug-likeness (QED) is 0.835. The Kier molecular flexibility index (Phi) is 5.25. The third-order valence-corrected chi connectivity index (χ3v) is 4.35. The minimum Gasteiger partial charge on any atom is -0.481 e. The van der Waals surface area contributed by atoms with E-state index in [2.05, 4.69) is 0 Å². The van der Waals surface area contributed by atoms with Crippen molar-refractivity contribution in [3.05, 3.63) is 29.8 Å². The highest BCUT2D eigenvalue weighted by Crippen LogP contribution is 2.38. The lowest BCUT2D eigenvalue weighted by molar-refractivity contribution is -0.137. The zero-order valence-corrected chi connectivity index (χ0v) is 12.8. The summed E-state index contributed by atoms with van der Waals surface area (Å²) in [4.78, 5) is 25.1. The maximum Gasteiger partial charge on any atom is 0.304 e. The molecule has 0 radical (unpaired) electrons. The van der Waals surface area contributed by atoms with Gasteiger partial charge in [0.1, 0.15) is 0 Å². The van der Waals surface area contributed by atoms with E-state index in [1.807, 2.05) is 30.5 Å². The first-order valence-electron chi connectivity index (χ1n) is 6.91. The largest absolute Gasteiger partial charge is 0.481 e. The summed E-state index contributed by atoms with van der Waals surface area (Å²) in [7, 11) is 0. The van der Waals surface area contributed by atoms with Crippen LogP contribution in [-0.4, -0.2) is 41.6 Å². The van der Waals surface area contributed by atoms with Crippen LogP contribution in [0.5, 0.6) is 0 Å². The highest BCUT2D eigenvalue weighted by atomic mass is 32.2. The molecule has 3 N–H and O–H groups in total. The summed E-state index contributed by atoms with van der Waals surface area (Å²) in [6.45, 7) is 0.400. The molecule has 0 aliphatic carbocycles. The van der Waals surface area contributed by atoms with Gasteiger partial charge < -0.3 is 15.7 Å². The second-order valence-corrected chi connectivity index (χ2v) is 6.18. The molecule has 2 atom stereocenters. The summed E-state index contributed by atoms with van der Waals surface area (Å²) in [5, 5.41) is 9.02. The summed E-state index contributed by atoms with van der Waals surface area (Å²) in [5.74, 6) is -0.295. The topological polar surface area (TPSA) is 83.6 Å². The van der Waals surface area contributed by atoms with Gasteiger partial charge in [0.05, 0.1) is 12.5 Å². The fourth-order valence-corrected chi connectivity index (χ4v) is 3.15. The Labute approximate surface area is 128 Å². The molecule has 0 saturated heterocycles. The molecule has 6 heteroatoms. The Morgan fingerprint density at radius 2 is 2.19 bits per heavy atom. The van der Waals surface area contributed by atoms with E-state index in [1.165, 1.54) is 0 Å². The van der Waals surface area contributed by atoms with Gasteiger partial charge in [0.15, 0.2) is 0 Å². The van der Waals surface area contributed by atoms with Crippen LogP contribution < -0.4 is 10.6 Å². The maximum atomic E-state index is 12.5. The second kappa shape index (κ2) is 6.95. The van der Waals surface area contributed by atoms with Crippen LogP contribution in [0.2, 0.25) is 0 Å². The number of nitrogens with zero attached hydrogens (tertiary/aromatic N) is 1. The number of aliphatic carboxylic acids is 1. The van der Waals surface area contributed by atoms with Crippen LogP contribution in [0.3, 0.4) is 0 Å². The van der Waals surface area contributed by atoms with Crippen molar-refractivity contribution >= 4 is 29.3 Å². The Balaban J connectivity index is 2.18. The standard InChI is InChI=1S/C15H20N2O3S/c1-21-7-6-12(16)15(20)17-9-10(8-14(18)19)11-4-2-3-5-13(11)17/h2-5,10,12H,6-9,16H2,1H3,(H,18,19)/t10?,12-/m0/s1. The number of carboxylic acid groups (broad SMARTS) is 1. The Morgan fingerprint density at radius 1 is 1.48 bits per heavy atom. The lowest BCUT2D eigenvalue weighted by Crippen LogP contribution is -2.43. The van der Waals surface area contributed by atoms with E-state index < -0.39 is 12.0 Å². The van der Waals surface area contributed by atoms with Crippen molar-refractivity contribution in [2.24, 2.45) is 5.73 Å². The lowest BCUT2D eigenvalue weighted by Gasteiger charge is -2.21. The summed E-state index contributed by atoms with van der Waals surface area (Å²) >= 11 is 1.66. The van der Waals surface area contributed by atoms with Gasteiger partial charge in [-0.1, -0.05) is 18.2 Å². The minimum absolute atomic E-state index is 0.0286. The number of anilines is 1. The van der Waals surface area contributed by atoms with Crippen LogP contribution in [0.4, 0.5) is 5.69 Å². The van der Waals surface area contributed by atoms with E-state index >= 15 is 0 Å². The number of carbonyl (C=O) groups excluding carboxylic acids is 1. The number of rotatable bonds is 6. The van der Waals surface area contributed by atoms with E-state index in [0.29, 0.717) is 13.0 Å². The molecule has 1 amide bonds. The smallest absolute Gasteiger partial charge is 0.304 e. The average Bonchev–Trinajstić information content (AvgIpc) is 2.82. The van der Waals surface area contributed by atoms with Crippen molar-refractivity contribution in [3.63, 3.8) is 0 Å². The highest BCUT2D eigenvalue weighted by molar-refractivity contribution is 7.98. The third-order valence-electron chi connectivity index (χ3n) is 3.71. The summed E-state index contributed by atoms with van der Waals surface area (Å²) in [6.07, 6.45) is 2.63. The fourth-order valence-electron chi connectivity index (χ4n) is 2.66. The van der Waals surface area contributed by atoms with Crippen molar-refractivity contribution in [1.82, 2.24) is 0 Å². The Morgan fingerprint density at radius 3 is 2.86 bits per heavy atom. The first-order valence-corrected chi connectivity index (χ1v) is 8.30. The summed E-state index contributed by atoms with van der Waals surface area (Å²) in [5.41, 5.74) is 7.69. The summed E-state index contributed by atoms with van der Waals surface area (Å²) < 4.78 is 0. The average molecular weight is 308 g/mol. The highest BCUT2D eigenvalue weighted by Gasteiger charge is 2.34. The molecule has 2 rings (SSSR count). The number of thioether (sulfide) groups is 1. The van der Waals surface area contributed by atoms with Crippen LogP contribution >= 0.6 is 11.8 Å². The lowest BCUT2D eigenvalue weighted by atomic mass is 9.98. The maximum absolute atomic E-state index is 12.5. The molecule has 0 bridgehead atoms. The van der Waals surface area contributed by atoms with Gasteiger partial charge in [-0.15, -0.1) is 0 Å². The van der Waals surface area contributed by atoms with E-state index in [1.54, 1.807) is 16.7 Å². The molecule has 5 nitrogen and oxygen atoms in total. The molecule has 1 heterocycles. The van der Waals surface area contributed by atoms with Crippen LogP contribution in [-0.2, 0) is 9.59 Å². The van der Waals surface area contributed by atoms with Gasteiger partial charge in [0, 0.05) is 18.2 Å². The fraction of sp³-hybridized carbons (Fsp3) is 0.467. The van der Waals surface area contributed by atoms with Gasteiger partial charge in [-0.25, -0.2) is 0 Å². The molecule has 114 valence electrons. The number of carbonyl (C=O) groups is 2. The van der Waals surface area contributed by atoms with Crippen molar-refractivity contribution in [3.8, 4) is 0 Å². The van der Waals surface area contributed by atoms with Gasteiger partial charge in [0.25, 0.3) is 0 Å². The molecule has 0 saturated carbocycles. The summed E-state index contributed by atoms with van der Waals surface area (Å²) in [6, 6.07) is 6.94. The van der Waals surface area contributed by atoms with Crippen LogP contribution in [0.25, 0.3) is 0 Å². The van der Waals surface area contributed by atoms with Crippen molar-refractivity contribution in [2.45, 2.75) is 24.8 Å². The van der Waals surface area contributed by atoms with Crippen LogP contribution in [0.1, 0.15) is 24.3 Å². The number of benzene rings is 1. The Hall–Kier alpha value is -1.53. The minimum atomic E-state index is -0.851. The van der Waals surface area contributed by atoms with Gasteiger partial charge in [-0.3, -0.25) is 9.59 Å². The zero-order chi connectivity index (χ0) is 15.4. The van der Waals surface area contributed by atoms with Crippen molar-refractivity contribution in [1.29, 1.82) is 0 Å². The van der Waals surface area contributed by atoms with Crippen molar-refractivity contribution in [2.75, 3.05) is 23.5 Å². The normalized spacial score (nSPS) is 18.4. The molecule has 0 spiro atoms. The van der Waals surface area contributed by atoms with Gasteiger partial charge in [0.2, 0.25) is 5.91 Å². The first-order chi connectivity index (χ1) is 10.0. The number of hydrogen-bond acceptors (Lipinski definition) is 4. The molecular formula is C15H20N2O3S. The van der Waals surface area contributed by atoms with Crippen LogP contribution in [0.15, 0.2) is 24.3 Å². The van der Waals surface area contributed by atoms with Crippen molar-refractivity contribution < 1.29 is 14.7 Å². The molecule has 1 aliphatic heterocycles. The number of fused-ring (bicyclic) bond motifs is 1. The van der Waals surface area contributed by atoms with E-state index in [0.717, 1.165) is 17.0 Å². The SMILES string of the molecule is CSCC[C@H](N)C(=O)N1CC(CC(=O)O)c2ccccc21. The second-order valence-electron chi connectivity index (χ2n) is 5.19. The molecule has 1 aromatic rings. The number of amides is 1. The molecule has 1 unspecified atom stereocenters. The third kappa shape index (κ3) is 3.57. The predicted octanol–water partition coefficient (Wildman–Crippen LogP) is 1.67. The monoisotopic (exact) mass is 308 g/mol. The van der Waals surface area contributed by atoms with Crippen LogP contribution in [0, 0.1) is 0 Å². The molecule has 1 aliphatic rings. The van der Waals surface area contributed by atoms with E-state index in [4.69, 9.17) is 10.8 Å². The number of para-hydroxylation sites is 1. The molecular weight excluding hydrogens is 288 g/mol. The van der Waals surface area contributed by atoms with Gasteiger partial charge in [-0.2, -0.15) is 11.8 Å². The molecule has 0 aromatic heterocycles. The number of nitrogens with two attached hydrogens (primary N) is 1. The zero-order valence-electron chi connectivity index (χ0n) is 12.0. The number of carboxylic acids is 1. The predicted molar refractivity (Wildman–Crippen MR) is 84.8 cm³/mol. The number of hydrogen-bond donors (Lipinski definition) is 2. The van der Waals surface area contributed by atoms with E-state index in [-0.39, 0.29) is 18.2 Å². The van der Waals surface area contributed by atoms with Gasteiger partial charge in [-0.05, 0) is 30.1 Å². The van der Waals surface area contributed by atoms with Gasteiger partial charge >= 0.3 is 5.97 Å². The first kappa shape index (κ1) is 15.9. The molecule has 1 aromatic carbocycles.